The molecule has 0 unspecified atom stereocenters. The van der Waals surface area contributed by atoms with E-state index in [0.717, 1.165) is 30.0 Å². The Morgan fingerprint density at radius 1 is 1.40 bits per heavy atom. The maximum absolute atomic E-state index is 13.9. The highest BCUT2D eigenvalue weighted by atomic mass is 32.1. The first-order valence-corrected chi connectivity index (χ1v) is 9.39. The summed E-state index contributed by atoms with van der Waals surface area (Å²) in [4.78, 5) is 8.14. The van der Waals surface area contributed by atoms with Gasteiger partial charge in [0.2, 0.25) is 10.8 Å². The zero-order chi connectivity index (χ0) is 17.6. The lowest BCUT2D eigenvalue weighted by Gasteiger charge is -2.37. The van der Waals surface area contributed by atoms with Crippen LogP contribution in [0.2, 0.25) is 0 Å². The highest BCUT2D eigenvalue weighted by Crippen LogP contribution is 2.41. The second kappa shape index (κ2) is 6.38. The summed E-state index contributed by atoms with van der Waals surface area (Å²) in [6, 6.07) is 6.47. The van der Waals surface area contributed by atoms with Gasteiger partial charge in [-0.15, -0.1) is 5.10 Å². The van der Waals surface area contributed by atoms with Crippen molar-refractivity contribution in [3.05, 3.63) is 46.3 Å². The van der Waals surface area contributed by atoms with Crippen LogP contribution in [0.1, 0.15) is 42.1 Å². The number of benzene rings is 1. The average Bonchev–Trinajstić information content (AvgIpc) is 3.06. The van der Waals surface area contributed by atoms with Crippen LogP contribution in [0.4, 0.5) is 4.39 Å². The molecular formula is C18H21FN4OS. The van der Waals surface area contributed by atoms with E-state index in [1.54, 1.807) is 19.1 Å². The summed E-state index contributed by atoms with van der Waals surface area (Å²) in [7, 11) is 0. The SMILES string of the molecule is Cc1nc2sc([C@H](c3cccc(F)c3)N3CCC[C@H](C)C3)c(O)n2n1. The number of fused-ring (bicyclic) bond motifs is 1. The van der Waals surface area contributed by atoms with Crippen LogP contribution in [0, 0.1) is 18.7 Å². The fourth-order valence-corrected chi connectivity index (χ4v) is 4.85. The molecule has 0 radical (unpaired) electrons. The van der Waals surface area contributed by atoms with Crippen LogP contribution >= 0.6 is 11.3 Å². The molecule has 1 aliphatic rings. The van der Waals surface area contributed by atoms with E-state index in [1.165, 1.54) is 28.3 Å². The maximum Gasteiger partial charge on any atom is 0.230 e. The van der Waals surface area contributed by atoms with Gasteiger partial charge in [0.25, 0.3) is 0 Å². The zero-order valence-corrected chi connectivity index (χ0v) is 15.1. The molecule has 7 heteroatoms. The number of thiazole rings is 1. The summed E-state index contributed by atoms with van der Waals surface area (Å²) >= 11 is 1.42. The Morgan fingerprint density at radius 3 is 2.96 bits per heavy atom. The largest absolute Gasteiger partial charge is 0.492 e. The molecule has 4 rings (SSSR count). The summed E-state index contributed by atoms with van der Waals surface area (Å²) in [5.74, 6) is 1.05. The third kappa shape index (κ3) is 3.02. The Kier molecular flexibility index (Phi) is 4.21. The molecule has 132 valence electrons. The van der Waals surface area contributed by atoms with Crippen LogP contribution in [0.5, 0.6) is 5.88 Å². The van der Waals surface area contributed by atoms with E-state index in [2.05, 4.69) is 21.9 Å². The smallest absolute Gasteiger partial charge is 0.230 e. The van der Waals surface area contributed by atoms with E-state index < -0.39 is 0 Å². The van der Waals surface area contributed by atoms with Crippen molar-refractivity contribution in [2.45, 2.75) is 32.7 Å². The molecule has 1 fully saturated rings. The van der Waals surface area contributed by atoms with E-state index in [0.29, 0.717) is 16.7 Å². The molecule has 0 aliphatic carbocycles. The number of likely N-dealkylation sites (tertiary alicyclic amines) is 1. The van der Waals surface area contributed by atoms with Gasteiger partial charge in [-0.25, -0.2) is 9.37 Å². The minimum absolute atomic E-state index is 0.105. The third-order valence-corrected chi connectivity index (χ3v) is 5.84. The molecule has 1 N–H and O–H groups in total. The number of rotatable bonds is 3. The molecule has 3 aromatic rings. The molecule has 0 bridgehead atoms. The summed E-state index contributed by atoms with van der Waals surface area (Å²) in [6.45, 7) is 5.89. The predicted molar refractivity (Wildman–Crippen MR) is 95.5 cm³/mol. The monoisotopic (exact) mass is 360 g/mol. The van der Waals surface area contributed by atoms with Crippen molar-refractivity contribution in [1.82, 2.24) is 19.5 Å². The van der Waals surface area contributed by atoms with E-state index in [4.69, 9.17) is 0 Å². The maximum atomic E-state index is 13.9. The Morgan fingerprint density at radius 2 is 2.24 bits per heavy atom. The number of aromatic hydroxyl groups is 1. The topological polar surface area (TPSA) is 53.7 Å². The van der Waals surface area contributed by atoms with Crippen molar-refractivity contribution in [3.8, 4) is 5.88 Å². The predicted octanol–water partition coefficient (Wildman–Crippen LogP) is 3.77. The van der Waals surface area contributed by atoms with Crippen LogP contribution in [0.3, 0.4) is 0 Å². The molecular weight excluding hydrogens is 339 g/mol. The number of aryl methyl sites for hydroxylation is 1. The normalized spacial score (nSPS) is 20.2. The van der Waals surface area contributed by atoms with Gasteiger partial charge in [-0.1, -0.05) is 30.4 Å². The lowest BCUT2D eigenvalue weighted by Crippen LogP contribution is -2.37. The van der Waals surface area contributed by atoms with Crippen molar-refractivity contribution >= 4 is 16.3 Å². The van der Waals surface area contributed by atoms with Gasteiger partial charge in [0.1, 0.15) is 11.6 Å². The van der Waals surface area contributed by atoms with Crippen molar-refractivity contribution < 1.29 is 9.50 Å². The minimum Gasteiger partial charge on any atom is -0.492 e. The number of piperidine rings is 1. The van der Waals surface area contributed by atoms with Crippen molar-refractivity contribution in [3.63, 3.8) is 0 Å². The van der Waals surface area contributed by atoms with Crippen molar-refractivity contribution in [2.75, 3.05) is 13.1 Å². The fourth-order valence-electron chi connectivity index (χ4n) is 3.69. The zero-order valence-electron chi connectivity index (χ0n) is 14.3. The van der Waals surface area contributed by atoms with Gasteiger partial charge in [-0.3, -0.25) is 4.90 Å². The molecule has 0 saturated carbocycles. The number of aromatic nitrogens is 3. The highest BCUT2D eigenvalue weighted by molar-refractivity contribution is 7.17. The summed E-state index contributed by atoms with van der Waals surface area (Å²) < 4.78 is 15.4. The minimum atomic E-state index is -0.262. The van der Waals surface area contributed by atoms with Gasteiger partial charge in [0.15, 0.2) is 0 Å². The fraction of sp³-hybridized carbons (Fsp3) is 0.444. The molecule has 1 saturated heterocycles. The average molecular weight is 360 g/mol. The number of nitrogens with zero attached hydrogens (tertiary/aromatic N) is 4. The van der Waals surface area contributed by atoms with E-state index in [-0.39, 0.29) is 17.7 Å². The van der Waals surface area contributed by atoms with E-state index >= 15 is 0 Å². The van der Waals surface area contributed by atoms with Gasteiger partial charge < -0.3 is 5.11 Å². The summed E-state index contributed by atoms with van der Waals surface area (Å²) in [5, 5.41) is 15.0. The summed E-state index contributed by atoms with van der Waals surface area (Å²) in [5.41, 5.74) is 0.852. The Labute approximate surface area is 149 Å². The van der Waals surface area contributed by atoms with Crippen molar-refractivity contribution in [2.24, 2.45) is 5.92 Å². The van der Waals surface area contributed by atoms with Gasteiger partial charge in [-0.05, 0) is 49.9 Å². The Balaban J connectivity index is 1.83. The Hall–Kier alpha value is -1.99. The standard InChI is InChI=1S/C18H21FN4OS/c1-11-5-4-8-22(10-11)15(13-6-3-7-14(19)9-13)16-17(24)23-18(25-16)20-12(2)21-23/h3,6-7,9,11,15,24H,4-5,8,10H2,1-2H3/t11-,15-/m0/s1. The van der Waals surface area contributed by atoms with E-state index in [1.807, 2.05) is 6.07 Å². The first-order valence-electron chi connectivity index (χ1n) is 8.57. The van der Waals surface area contributed by atoms with Gasteiger partial charge in [0, 0.05) is 6.54 Å². The molecule has 0 spiro atoms. The second-order valence-corrected chi connectivity index (χ2v) is 7.85. The van der Waals surface area contributed by atoms with Crippen LogP contribution in [0.15, 0.2) is 24.3 Å². The van der Waals surface area contributed by atoms with Crippen LogP contribution in [-0.2, 0) is 0 Å². The lowest BCUT2D eigenvalue weighted by molar-refractivity contribution is 0.149. The molecule has 5 nitrogen and oxygen atoms in total. The quantitative estimate of drug-likeness (QED) is 0.773. The van der Waals surface area contributed by atoms with Crippen LogP contribution in [0.25, 0.3) is 4.96 Å². The first-order chi connectivity index (χ1) is 12.0. The molecule has 2 atom stereocenters. The molecule has 0 amide bonds. The number of hydrogen-bond acceptors (Lipinski definition) is 5. The molecule has 1 aromatic carbocycles. The summed E-state index contributed by atoms with van der Waals surface area (Å²) in [6.07, 6.45) is 2.31. The van der Waals surface area contributed by atoms with Gasteiger partial charge >= 0.3 is 0 Å². The number of halogens is 1. The molecule has 1 aliphatic heterocycles. The first kappa shape index (κ1) is 16.5. The molecule has 25 heavy (non-hydrogen) atoms. The molecule has 3 heterocycles. The van der Waals surface area contributed by atoms with E-state index in [9.17, 15) is 9.50 Å². The van der Waals surface area contributed by atoms with Crippen LogP contribution in [-0.4, -0.2) is 37.7 Å². The third-order valence-electron chi connectivity index (χ3n) is 4.77. The highest BCUT2D eigenvalue weighted by Gasteiger charge is 2.31. The second-order valence-electron chi connectivity index (χ2n) is 6.84. The van der Waals surface area contributed by atoms with Crippen LogP contribution < -0.4 is 0 Å². The van der Waals surface area contributed by atoms with Gasteiger partial charge in [0.05, 0.1) is 10.9 Å². The molecule has 2 aromatic heterocycles. The van der Waals surface area contributed by atoms with Crippen molar-refractivity contribution in [1.29, 1.82) is 0 Å². The Bertz CT molecular complexity index is 906. The van der Waals surface area contributed by atoms with Gasteiger partial charge in [-0.2, -0.15) is 4.52 Å². The lowest BCUT2D eigenvalue weighted by atomic mass is 9.95. The number of hydrogen-bond donors (Lipinski definition) is 1.